The van der Waals surface area contributed by atoms with E-state index in [2.05, 4.69) is 15.3 Å². The fourth-order valence-electron chi connectivity index (χ4n) is 2.64. The highest BCUT2D eigenvalue weighted by atomic mass is 35.5. The van der Waals surface area contributed by atoms with Crippen molar-refractivity contribution >= 4 is 23.7 Å². The van der Waals surface area contributed by atoms with Crippen molar-refractivity contribution in [3.63, 3.8) is 0 Å². The van der Waals surface area contributed by atoms with E-state index in [9.17, 15) is 9.90 Å². The van der Waals surface area contributed by atoms with Gasteiger partial charge in [0.25, 0.3) is 0 Å². The normalized spacial score (nSPS) is 23.1. The second-order valence-corrected chi connectivity index (χ2v) is 5.27. The lowest BCUT2D eigenvalue weighted by atomic mass is 9.79. The van der Waals surface area contributed by atoms with Crippen molar-refractivity contribution < 1.29 is 9.90 Å². The second-order valence-electron chi connectivity index (χ2n) is 4.91. The van der Waals surface area contributed by atoms with E-state index in [4.69, 9.17) is 11.6 Å². The van der Waals surface area contributed by atoms with Crippen LogP contribution >= 0.6 is 11.6 Å². The first-order chi connectivity index (χ1) is 9.26. The number of anilines is 1. The first-order valence-electron chi connectivity index (χ1n) is 6.56. The third kappa shape index (κ3) is 3.42. The van der Waals surface area contributed by atoms with Crippen LogP contribution in [0.5, 0.6) is 0 Å². The number of rotatable bonds is 5. The van der Waals surface area contributed by atoms with E-state index >= 15 is 0 Å². The van der Waals surface area contributed by atoms with Crippen LogP contribution in [0.15, 0.2) is 6.33 Å². The summed E-state index contributed by atoms with van der Waals surface area (Å²) < 4.78 is 0. The molecule has 104 valence electrons. The van der Waals surface area contributed by atoms with Crippen molar-refractivity contribution in [3.8, 4) is 0 Å². The Labute approximate surface area is 117 Å². The summed E-state index contributed by atoms with van der Waals surface area (Å²) in [4.78, 5) is 18.8. The summed E-state index contributed by atoms with van der Waals surface area (Å²) in [5.74, 6) is 1.21. The smallest absolute Gasteiger partial charge is 0.156 e. The molecule has 1 aliphatic rings. The summed E-state index contributed by atoms with van der Waals surface area (Å²) in [5.41, 5.74) is 0.292. The third-order valence-corrected chi connectivity index (χ3v) is 4.09. The minimum absolute atomic E-state index is 0.162. The van der Waals surface area contributed by atoms with Crippen LogP contribution in [0, 0.1) is 11.8 Å². The minimum atomic E-state index is 0.162. The van der Waals surface area contributed by atoms with Gasteiger partial charge in [-0.2, -0.15) is 0 Å². The molecule has 1 heterocycles. The zero-order chi connectivity index (χ0) is 13.7. The number of aromatic nitrogens is 2. The Balaban J connectivity index is 2.01. The van der Waals surface area contributed by atoms with Crippen LogP contribution in [0.25, 0.3) is 0 Å². The van der Waals surface area contributed by atoms with Gasteiger partial charge in [0.05, 0.1) is 5.56 Å². The molecule has 2 atom stereocenters. The molecule has 0 aromatic carbocycles. The molecule has 0 radical (unpaired) electrons. The third-order valence-electron chi connectivity index (χ3n) is 3.79. The number of nitrogens with zero attached hydrogens (tertiary/aromatic N) is 2. The van der Waals surface area contributed by atoms with E-state index in [1.807, 2.05) is 0 Å². The molecule has 1 aromatic heterocycles. The van der Waals surface area contributed by atoms with Gasteiger partial charge in [0.15, 0.2) is 6.29 Å². The predicted octanol–water partition coefficient (Wildman–Crippen LogP) is 2.15. The monoisotopic (exact) mass is 283 g/mol. The van der Waals surface area contributed by atoms with Crippen molar-refractivity contribution in [1.29, 1.82) is 0 Å². The van der Waals surface area contributed by atoms with E-state index in [1.54, 1.807) is 0 Å². The quantitative estimate of drug-likeness (QED) is 0.640. The van der Waals surface area contributed by atoms with Crippen LogP contribution < -0.4 is 5.32 Å². The Kier molecular flexibility index (Phi) is 5.10. The van der Waals surface area contributed by atoms with Crippen molar-refractivity contribution in [2.24, 2.45) is 11.8 Å². The number of nitrogens with one attached hydrogen (secondary N) is 1. The molecular weight excluding hydrogens is 266 g/mol. The zero-order valence-electron chi connectivity index (χ0n) is 10.7. The summed E-state index contributed by atoms with van der Waals surface area (Å²) in [6.45, 7) is 0.914. The lowest BCUT2D eigenvalue weighted by Gasteiger charge is -2.30. The van der Waals surface area contributed by atoms with Crippen LogP contribution in [-0.2, 0) is 0 Å². The number of carbonyl (C=O) groups excluding carboxylic acids is 1. The molecule has 1 aromatic rings. The first kappa shape index (κ1) is 14.2. The molecule has 6 heteroatoms. The zero-order valence-corrected chi connectivity index (χ0v) is 11.4. The van der Waals surface area contributed by atoms with Crippen LogP contribution in [0.1, 0.15) is 36.0 Å². The highest BCUT2D eigenvalue weighted by Crippen LogP contribution is 2.30. The highest BCUT2D eigenvalue weighted by Gasteiger charge is 2.24. The van der Waals surface area contributed by atoms with E-state index in [0.29, 0.717) is 36.0 Å². The second kappa shape index (κ2) is 6.82. The van der Waals surface area contributed by atoms with Crippen LogP contribution in [0.3, 0.4) is 0 Å². The van der Waals surface area contributed by atoms with Crippen molar-refractivity contribution in [1.82, 2.24) is 9.97 Å². The molecule has 1 aliphatic carbocycles. The largest absolute Gasteiger partial charge is 0.396 e. The van der Waals surface area contributed by atoms with Gasteiger partial charge in [-0.15, -0.1) is 0 Å². The van der Waals surface area contributed by atoms with Crippen LogP contribution in [-0.4, -0.2) is 34.5 Å². The van der Waals surface area contributed by atoms with Gasteiger partial charge in [-0.05, 0) is 24.7 Å². The molecule has 0 bridgehead atoms. The first-order valence-corrected chi connectivity index (χ1v) is 6.94. The predicted molar refractivity (Wildman–Crippen MR) is 73.5 cm³/mol. The average Bonchev–Trinajstić information content (AvgIpc) is 2.45. The van der Waals surface area contributed by atoms with Crippen molar-refractivity contribution in [3.05, 3.63) is 17.0 Å². The van der Waals surface area contributed by atoms with Gasteiger partial charge in [-0.25, -0.2) is 9.97 Å². The number of aldehydes is 1. The number of hydrogen-bond acceptors (Lipinski definition) is 5. The number of aliphatic hydroxyl groups excluding tert-OH is 1. The fourth-order valence-corrected chi connectivity index (χ4v) is 2.82. The van der Waals surface area contributed by atoms with Crippen LogP contribution in [0.4, 0.5) is 5.82 Å². The summed E-state index contributed by atoms with van der Waals surface area (Å²) in [6.07, 6.45) is 6.52. The highest BCUT2D eigenvalue weighted by molar-refractivity contribution is 6.32. The van der Waals surface area contributed by atoms with Crippen LogP contribution in [0.2, 0.25) is 5.15 Å². The molecule has 0 amide bonds. The molecule has 0 saturated heterocycles. The molecular formula is C13H18ClN3O2. The minimum Gasteiger partial charge on any atom is -0.396 e. The number of carbonyl (C=O) groups is 1. The molecule has 19 heavy (non-hydrogen) atoms. The Bertz CT molecular complexity index is 442. The number of halogens is 1. The van der Waals surface area contributed by atoms with E-state index < -0.39 is 0 Å². The topological polar surface area (TPSA) is 75.1 Å². The molecule has 2 rings (SSSR count). The Morgan fingerprint density at radius 2 is 2.11 bits per heavy atom. The van der Waals surface area contributed by atoms with Gasteiger partial charge >= 0.3 is 0 Å². The molecule has 0 aliphatic heterocycles. The summed E-state index contributed by atoms with van der Waals surface area (Å²) in [6, 6.07) is 0. The molecule has 2 unspecified atom stereocenters. The lowest BCUT2D eigenvalue weighted by Crippen LogP contribution is -2.29. The van der Waals surface area contributed by atoms with Crippen molar-refractivity contribution in [2.75, 3.05) is 18.5 Å². The molecule has 1 saturated carbocycles. The Morgan fingerprint density at radius 1 is 1.37 bits per heavy atom. The maximum absolute atomic E-state index is 11.0. The van der Waals surface area contributed by atoms with E-state index in [-0.39, 0.29) is 11.8 Å². The fraction of sp³-hybridized carbons (Fsp3) is 0.615. The number of hydrogen-bond donors (Lipinski definition) is 2. The molecule has 1 fully saturated rings. The Hall–Kier alpha value is -1.20. The summed E-state index contributed by atoms with van der Waals surface area (Å²) in [7, 11) is 0. The summed E-state index contributed by atoms with van der Waals surface area (Å²) in [5, 5.41) is 12.7. The standard InChI is InChI=1S/C13H18ClN3O2/c14-12-11(7-19)13(17-8-16-12)15-5-9-3-1-2-4-10(9)6-18/h7-10,18H,1-6H2,(H,15,16,17). The van der Waals surface area contributed by atoms with Gasteiger partial charge in [0, 0.05) is 13.2 Å². The SMILES string of the molecule is O=Cc1c(Cl)ncnc1NCC1CCCCC1CO. The molecule has 5 nitrogen and oxygen atoms in total. The maximum atomic E-state index is 11.0. The van der Waals surface area contributed by atoms with Gasteiger partial charge < -0.3 is 10.4 Å². The van der Waals surface area contributed by atoms with E-state index in [1.165, 1.54) is 19.2 Å². The van der Waals surface area contributed by atoms with Gasteiger partial charge in [0.1, 0.15) is 17.3 Å². The van der Waals surface area contributed by atoms with Gasteiger partial charge in [0.2, 0.25) is 0 Å². The van der Waals surface area contributed by atoms with E-state index in [0.717, 1.165) is 12.8 Å². The summed E-state index contributed by atoms with van der Waals surface area (Å²) >= 11 is 5.84. The van der Waals surface area contributed by atoms with Gasteiger partial charge in [-0.3, -0.25) is 4.79 Å². The van der Waals surface area contributed by atoms with Gasteiger partial charge in [-0.1, -0.05) is 24.4 Å². The average molecular weight is 284 g/mol. The maximum Gasteiger partial charge on any atom is 0.156 e. The molecule has 0 spiro atoms. The molecule has 2 N–H and O–H groups in total. The Morgan fingerprint density at radius 3 is 2.79 bits per heavy atom. The number of aliphatic hydroxyl groups is 1. The van der Waals surface area contributed by atoms with Crippen molar-refractivity contribution in [2.45, 2.75) is 25.7 Å². The lowest BCUT2D eigenvalue weighted by molar-refractivity contribution is 0.112.